The summed E-state index contributed by atoms with van der Waals surface area (Å²) in [4.78, 5) is 12.7. The van der Waals surface area contributed by atoms with Crippen molar-refractivity contribution in [2.24, 2.45) is 0 Å². The van der Waals surface area contributed by atoms with E-state index in [1.807, 2.05) is 24.3 Å². The van der Waals surface area contributed by atoms with Crippen LogP contribution in [0.15, 0.2) is 66.7 Å². The quantitative estimate of drug-likeness (QED) is 0.418. The first kappa shape index (κ1) is 28.5. The first-order valence-corrected chi connectivity index (χ1v) is 13.2. The average Bonchev–Trinajstić information content (AvgIpc) is 3.20. The van der Waals surface area contributed by atoms with Crippen molar-refractivity contribution >= 4 is 5.97 Å². The van der Waals surface area contributed by atoms with Gasteiger partial charge in [-0.15, -0.1) is 0 Å². The Morgan fingerprint density at radius 3 is 2.18 bits per heavy atom. The van der Waals surface area contributed by atoms with Crippen molar-refractivity contribution in [1.29, 1.82) is 5.26 Å². The Kier molecular flexibility index (Phi) is 9.85. The molecule has 1 aliphatic heterocycles. The maximum Gasteiger partial charge on any atom is 0.338 e. The van der Waals surface area contributed by atoms with Gasteiger partial charge >= 0.3 is 5.97 Å². The van der Waals surface area contributed by atoms with Crippen LogP contribution in [0.4, 0.5) is 0 Å². The van der Waals surface area contributed by atoms with Gasteiger partial charge in [-0.3, -0.25) is 0 Å². The van der Waals surface area contributed by atoms with E-state index in [0.717, 1.165) is 11.1 Å². The van der Waals surface area contributed by atoms with E-state index in [1.54, 1.807) is 0 Å². The van der Waals surface area contributed by atoms with E-state index in [4.69, 9.17) is 28.9 Å². The van der Waals surface area contributed by atoms with Crippen LogP contribution in [-0.2, 0) is 29.1 Å². The number of esters is 1. The van der Waals surface area contributed by atoms with E-state index in [9.17, 15) is 4.79 Å². The maximum atomic E-state index is 12.7. The molecule has 3 aromatic rings. The van der Waals surface area contributed by atoms with Crippen LogP contribution in [0.25, 0.3) is 22.3 Å². The van der Waals surface area contributed by atoms with Crippen LogP contribution in [0.5, 0.6) is 0 Å². The number of rotatable bonds is 4. The number of carbonyl (C=O) groups excluding carboxylic acids is 1. The summed E-state index contributed by atoms with van der Waals surface area (Å²) in [5, 5.41) is 6.50. The molecule has 5 rings (SSSR count). The second-order valence-corrected chi connectivity index (χ2v) is 9.90. The molecule has 39 heavy (non-hydrogen) atoms. The van der Waals surface area contributed by atoms with Gasteiger partial charge in [0, 0.05) is 12.0 Å². The fourth-order valence-corrected chi connectivity index (χ4v) is 5.01. The molecule has 1 unspecified atom stereocenters. The Bertz CT molecular complexity index is 1260. The van der Waals surface area contributed by atoms with Crippen LogP contribution in [0, 0.1) is 11.8 Å². The second-order valence-electron chi connectivity index (χ2n) is 9.90. The summed E-state index contributed by atoms with van der Waals surface area (Å²) in [6, 6.07) is 22.8. The number of ether oxygens (including phenoxy) is 5. The first-order valence-electron chi connectivity index (χ1n) is 13.2. The number of hydrogen-bond acceptors (Lipinski definition) is 7. The third kappa shape index (κ3) is 6.73. The van der Waals surface area contributed by atoms with Gasteiger partial charge in [0.05, 0.1) is 51.8 Å². The van der Waals surface area contributed by atoms with Gasteiger partial charge in [-0.2, -0.15) is 0 Å². The monoisotopic (exact) mass is 529 g/mol. The van der Waals surface area contributed by atoms with Crippen LogP contribution >= 0.6 is 0 Å². The summed E-state index contributed by atoms with van der Waals surface area (Å²) in [5.74, 6) is -0.383. The largest absolute Gasteiger partial charge is 0.459 e. The molecule has 1 heterocycles. The number of benzene rings is 3. The zero-order valence-corrected chi connectivity index (χ0v) is 22.6. The van der Waals surface area contributed by atoms with Crippen molar-refractivity contribution in [2.45, 2.75) is 25.4 Å². The lowest BCUT2D eigenvalue weighted by Crippen LogP contribution is -2.30. The van der Waals surface area contributed by atoms with Crippen molar-refractivity contribution in [3.63, 3.8) is 0 Å². The van der Waals surface area contributed by atoms with E-state index < -0.39 is 0 Å². The summed E-state index contributed by atoms with van der Waals surface area (Å²) in [6.45, 7) is 11.4. The molecule has 1 atom stereocenters. The highest BCUT2D eigenvalue weighted by Gasteiger charge is 2.35. The van der Waals surface area contributed by atoms with Crippen molar-refractivity contribution in [1.82, 2.24) is 0 Å². The van der Waals surface area contributed by atoms with Gasteiger partial charge in [-0.1, -0.05) is 62.4 Å². The molecule has 1 saturated heterocycles. The molecule has 2 aliphatic rings. The summed E-state index contributed by atoms with van der Waals surface area (Å²) in [6.07, 6.45) is -0.356. The average molecular weight is 530 g/mol. The highest BCUT2D eigenvalue weighted by molar-refractivity contribution is 5.90. The first-order chi connectivity index (χ1) is 19.0. The lowest BCUT2D eigenvalue weighted by Gasteiger charge is -2.22. The molecule has 0 bridgehead atoms. The minimum Gasteiger partial charge on any atom is -0.459 e. The number of hydrogen-bond donors (Lipinski definition) is 0. The molecule has 7 heteroatoms. The summed E-state index contributed by atoms with van der Waals surface area (Å²) in [5.41, 5.74) is 7.93. The van der Waals surface area contributed by atoms with Gasteiger partial charge < -0.3 is 23.7 Å². The van der Waals surface area contributed by atoms with Crippen LogP contribution in [0.1, 0.15) is 35.3 Å². The number of fused-ring (bicyclic) bond motifs is 3. The molecule has 3 aromatic carbocycles. The summed E-state index contributed by atoms with van der Waals surface area (Å²) >= 11 is 0. The molecule has 0 aromatic heterocycles. The van der Waals surface area contributed by atoms with Crippen LogP contribution < -0.4 is 0 Å². The maximum absolute atomic E-state index is 12.7. The summed E-state index contributed by atoms with van der Waals surface area (Å²) in [7, 11) is 0. The van der Waals surface area contributed by atoms with E-state index in [0.29, 0.717) is 51.8 Å². The van der Waals surface area contributed by atoms with Crippen molar-refractivity contribution in [3.8, 4) is 28.8 Å². The Morgan fingerprint density at radius 1 is 0.821 bits per heavy atom. The van der Waals surface area contributed by atoms with Gasteiger partial charge in [-0.25, -0.2) is 10.1 Å². The fourth-order valence-electron chi connectivity index (χ4n) is 5.01. The molecule has 0 spiro atoms. The van der Waals surface area contributed by atoms with Gasteiger partial charge in [0.15, 0.2) is 0 Å². The van der Waals surface area contributed by atoms with E-state index in [-0.39, 0.29) is 24.1 Å². The minimum atomic E-state index is -0.383. The van der Waals surface area contributed by atoms with Crippen LogP contribution in [0.2, 0.25) is 0 Å². The van der Waals surface area contributed by atoms with Crippen LogP contribution in [-0.4, -0.2) is 64.9 Å². The molecule has 7 nitrogen and oxygen atoms in total. The van der Waals surface area contributed by atoms with Crippen molar-refractivity contribution in [2.75, 3.05) is 52.9 Å². The van der Waals surface area contributed by atoms with Gasteiger partial charge in [0.25, 0.3) is 0 Å². The predicted molar refractivity (Wildman–Crippen MR) is 149 cm³/mol. The molecule has 1 aliphatic carbocycles. The SMILES string of the molecule is C#N.CC1(C)c2ccccc2-c2ccc(-c3ccc(C(=O)OCC4COCCOCCOCCO4)cc3)cc21. The van der Waals surface area contributed by atoms with Crippen molar-refractivity contribution in [3.05, 3.63) is 83.4 Å². The highest BCUT2D eigenvalue weighted by Crippen LogP contribution is 2.49. The smallest absolute Gasteiger partial charge is 0.338 e. The van der Waals surface area contributed by atoms with E-state index in [1.165, 1.54) is 22.3 Å². The Labute approximate surface area is 230 Å². The van der Waals surface area contributed by atoms with Crippen LogP contribution in [0.3, 0.4) is 0 Å². The predicted octanol–water partition coefficient (Wildman–Crippen LogP) is 5.41. The van der Waals surface area contributed by atoms with E-state index in [2.05, 4.69) is 62.9 Å². The molecule has 204 valence electrons. The third-order valence-corrected chi connectivity index (χ3v) is 7.07. The molecular formula is C32H35NO6. The fraction of sp³-hybridized carbons (Fsp3) is 0.375. The lowest BCUT2D eigenvalue weighted by atomic mass is 9.81. The molecular weight excluding hydrogens is 494 g/mol. The standard InChI is InChI=1S/C31H34O6.CHN/c1-31(2)28-6-4-3-5-26(28)27-12-11-24(19-29(27)31)22-7-9-23(10-8-22)30(32)37-21-25-20-35-16-15-33-13-14-34-17-18-36-25;1-2/h3-12,19,25H,13-18,20-21H2,1-2H3;1H. The topological polar surface area (TPSA) is 87.0 Å². The number of nitrogens with zero attached hydrogens (tertiary/aromatic N) is 1. The third-order valence-electron chi connectivity index (χ3n) is 7.07. The highest BCUT2D eigenvalue weighted by atomic mass is 16.6. The normalized spacial score (nSPS) is 18.7. The zero-order valence-electron chi connectivity index (χ0n) is 22.6. The zero-order chi connectivity index (χ0) is 27.7. The number of nitriles is 1. The molecule has 0 saturated carbocycles. The molecule has 0 amide bonds. The lowest BCUT2D eigenvalue weighted by molar-refractivity contribution is -0.0831. The van der Waals surface area contributed by atoms with Crippen molar-refractivity contribution < 1.29 is 28.5 Å². The summed E-state index contributed by atoms with van der Waals surface area (Å²) < 4.78 is 27.8. The van der Waals surface area contributed by atoms with Gasteiger partial charge in [0.2, 0.25) is 0 Å². The second kappa shape index (κ2) is 13.5. The van der Waals surface area contributed by atoms with Gasteiger partial charge in [-0.05, 0) is 51.6 Å². The molecule has 0 radical (unpaired) electrons. The molecule has 0 N–H and O–H groups in total. The number of carbonyl (C=O) groups is 1. The van der Waals surface area contributed by atoms with E-state index >= 15 is 0 Å². The Morgan fingerprint density at radius 2 is 1.44 bits per heavy atom. The Hall–Kier alpha value is -3.54. The molecule has 1 fully saturated rings. The van der Waals surface area contributed by atoms with Gasteiger partial charge in [0.1, 0.15) is 12.7 Å². The minimum absolute atomic E-state index is 0.0515. The Balaban J connectivity index is 0.00000172.